The predicted octanol–water partition coefficient (Wildman–Crippen LogP) is 2.43. The van der Waals surface area contributed by atoms with Crippen molar-refractivity contribution >= 4 is 0 Å². The molecule has 0 fully saturated rings. The van der Waals surface area contributed by atoms with Crippen LogP contribution in [-0.2, 0) is 6.54 Å². The van der Waals surface area contributed by atoms with E-state index >= 15 is 0 Å². The molecule has 0 aliphatic rings. The molecule has 20 heavy (non-hydrogen) atoms. The largest absolute Gasteiger partial charge is 0.316 e. The maximum atomic E-state index is 8.79. The van der Waals surface area contributed by atoms with E-state index in [1.807, 2.05) is 12.3 Å². The van der Waals surface area contributed by atoms with E-state index in [0.29, 0.717) is 12.3 Å². The van der Waals surface area contributed by atoms with Crippen LogP contribution in [0.4, 0.5) is 0 Å². The number of nitriles is 1. The quantitative estimate of drug-likeness (QED) is 0.666. The zero-order valence-corrected chi connectivity index (χ0v) is 12.7. The Morgan fingerprint density at radius 3 is 3.00 bits per heavy atom. The monoisotopic (exact) mass is 274 g/mol. The summed E-state index contributed by atoms with van der Waals surface area (Å²) < 4.78 is 0. The number of hydrogen-bond donors (Lipinski definition) is 1. The van der Waals surface area contributed by atoms with Crippen LogP contribution in [-0.4, -0.2) is 36.1 Å². The molecule has 0 aliphatic heterocycles. The van der Waals surface area contributed by atoms with Crippen LogP contribution in [0.25, 0.3) is 0 Å². The second kappa shape index (κ2) is 10.4. The minimum atomic E-state index is 0.579. The summed E-state index contributed by atoms with van der Waals surface area (Å²) in [6.07, 6.45) is 5.44. The van der Waals surface area contributed by atoms with Gasteiger partial charge in [-0.3, -0.25) is 9.88 Å². The summed E-state index contributed by atoms with van der Waals surface area (Å²) in [6, 6.07) is 6.29. The zero-order chi connectivity index (χ0) is 14.6. The van der Waals surface area contributed by atoms with Crippen molar-refractivity contribution in [2.45, 2.75) is 33.2 Å². The Morgan fingerprint density at radius 2 is 2.35 bits per heavy atom. The van der Waals surface area contributed by atoms with Crippen LogP contribution in [0.15, 0.2) is 24.5 Å². The summed E-state index contributed by atoms with van der Waals surface area (Å²) in [6.45, 7) is 9.24. The maximum absolute atomic E-state index is 8.79. The van der Waals surface area contributed by atoms with Crippen molar-refractivity contribution in [3.05, 3.63) is 30.1 Å². The third-order valence-corrected chi connectivity index (χ3v) is 3.16. The van der Waals surface area contributed by atoms with Crippen LogP contribution in [0.2, 0.25) is 0 Å². The van der Waals surface area contributed by atoms with Crippen LogP contribution in [0.1, 0.15) is 32.3 Å². The normalized spacial score (nSPS) is 12.3. The van der Waals surface area contributed by atoms with Gasteiger partial charge in [0.25, 0.3) is 0 Å². The van der Waals surface area contributed by atoms with Crippen molar-refractivity contribution in [3.8, 4) is 6.07 Å². The molecule has 4 nitrogen and oxygen atoms in total. The first-order valence-corrected chi connectivity index (χ1v) is 7.45. The first-order chi connectivity index (χ1) is 9.76. The summed E-state index contributed by atoms with van der Waals surface area (Å²) >= 11 is 0. The van der Waals surface area contributed by atoms with Crippen LogP contribution in [0.5, 0.6) is 0 Å². The molecular formula is C16H26N4. The standard InChI is InChI=1S/C16H26N4/c1-3-8-18-11-15(2)13-20(10-5-7-17)14-16-6-4-9-19-12-16/h4,6,9,12,15,18H,3,5,8,10-11,13-14H2,1-2H3. The van der Waals surface area contributed by atoms with E-state index in [9.17, 15) is 0 Å². The number of pyridine rings is 1. The Balaban J connectivity index is 2.45. The molecule has 1 heterocycles. The van der Waals surface area contributed by atoms with Crippen LogP contribution in [0, 0.1) is 17.2 Å². The molecule has 1 N–H and O–H groups in total. The van der Waals surface area contributed by atoms with E-state index < -0.39 is 0 Å². The molecule has 0 radical (unpaired) electrons. The first-order valence-electron chi connectivity index (χ1n) is 7.45. The molecule has 0 saturated heterocycles. The van der Waals surface area contributed by atoms with Gasteiger partial charge < -0.3 is 5.32 Å². The smallest absolute Gasteiger partial charge is 0.0635 e. The minimum Gasteiger partial charge on any atom is -0.316 e. The van der Waals surface area contributed by atoms with Gasteiger partial charge in [-0.2, -0.15) is 5.26 Å². The number of aromatic nitrogens is 1. The lowest BCUT2D eigenvalue weighted by atomic mass is 10.1. The fourth-order valence-electron chi connectivity index (χ4n) is 2.22. The molecule has 1 unspecified atom stereocenters. The van der Waals surface area contributed by atoms with Gasteiger partial charge in [0, 0.05) is 38.4 Å². The van der Waals surface area contributed by atoms with E-state index in [-0.39, 0.29) is 0 Å². The van der Waals surface area contributed by atoms with Crippen molar-refractivity contribution in [2.75, 3.05) is 26.2 Å². The lowest BCUT2D eigenvalue weighted by Gasteiger charge is -2.25. The number of rotatable bonds is 10. The minimum absolute atomic E-state index is 0.579. The summed E-state index contributed by atoms with van der Waals surface area (Å²) in [5.41, 5.74) is 1.21. The third kappa shape index (κ3) is 7.22. The molecule has 110 valence electrons. The highest BCUT2D eigenvalue weighted by Gasteiger charge is 2.10. The van der Waals surface area contributed by atoms with Gasteiger partial charge in [0.15, 0.2) is 0 Å². The fourth-order valence-corrected chi connectivity index (χ4v) is 2.22. The summed E-state index contributed by atoms with van der Waals surface area (Å²) in [5, 5.41) is 12.2. The molecule has 0 aliphatic carbocycles. The highest BCUT2D eigenvalue weighted by molar-refractivity contribution is 5.08. The SMILES string of the molecule is CCCNCC(C)CN(CCC#N)Cc1cccnc1. The molecular weight excluding hydrogens is 248 g/mol. The average Bonchev–Trinajstić information content (AvgIpc) is 2.46. The molecule has 0 saturated carbocycles. The highest BCUT2D eigenvalue weighted by Crippen LogP contribution is 2.07. The molecule has 0 bridgehead atoms. The molecule has 1 aromatic heterocycles. The van der Waals surface area contributed by atoms with Gasteiger partial charge in [0.1, 0.15) is 0 Å². The third-order valence-electron chi connectivity index (χ3n) is 3.16. The molecule has 0 aromatic carbocycles. The van der Waals surface area contributed by atoms with Gasteiger partial charge in [-0.25, -0.2) is 0 Å². The van der Waals surface area contributed by atoms with Gasteiger partial charge in [-0.05, 0) is 37.1 Å². The Kier molecular flexibility index (Phi) is 8.61. The number of nitrogens with one attached hydrogen (secondary N) is 1. The molecule has 4 heteroatoms. The topological polar surface area (TPSA) is 52.0 Å². The van der Waals surface area contributed by atoms with Crippen LogP contribution in [0.3, 0.4) is 0 Å². The molecule has 1 aromatic rings. The molecule has 0 spiro atoms. The Bertz CT molecular complexity index is 385. The summed E-state index contributed by atoms with van der Waals surface area (Å²) in [7, 11) is 0. The fraction of sp³-hybridized carbons (Fsp3) is 0.625. The highest BCUT2D eigenvalue weighted by atomic mass is 15.1. The first kappa shape index (κ1) is 16.6. The Morgan fingerprint density at radius 1 is 1.50 bits per heavy atom. The van der Waals surface area contributed by atoms with Gasteiger partial charge in [-0.15, -0.1) is 0 Å². The second-order valence-corrected chi connectivity index (χ2v) is 5.31. The second-order valence-electron chi connectivity index (χ2n) is 5.31. The lowest BCUT2D eigenvalue weighted by Crippen LogP contribution is -2.34. The lowest BCUT2D eigenvalue weighted by molar-refractivity contribution is 0.231. The van der Waals surface area contributed by atoms with Gasteiger partial charge in [-0.1, -0.05) is 19.9 Å². The Hall–Kier alpha value is -1.44. The van der Waals surface area contributed by atoms with E-state index in [1.54, 1.807) is 6.20 Å². The van der Waals surface area contributed by atoms with E-state index in [4.69, 9.17) is 5.26 Å². The predicted molar refractivity (Wildman–Crippen MR) is 82.1 cm³/mol. The van der Waals surface area contributed by atoms with Crippen molar-refractivity contribution in [3.63, 3.8) is 0 Å². The summed E-state index contributed by atoms with van der Waals surface area (Å²) in [4.78, 5) is 6.50. The van der Waals surface area contributed by atoms with E-state index in [0.717, 1.165) is 32.7 Å². The molecule has 1 atom stereocenters. The zero-order valence-electron chi connectivity index (χ0n) is 12.7. The summed E-state index contributed by atoms with van der Waals surface area (Å²) in [5.74, 6) is 0.580. The van der Waals surface area contributed by atoms with Crippen molar-refractivity contribution < 1.29 is 0 Å². The van der Waals surface area contributed by atoms with Crippen LogP contribution < -0.4 is 5.32 Å². The van der Waals surface area contributed by atoms with Crippen molar-refractivity contribution in [1.82, 2.24) is 15.2 Å². The van der Waals surface area contributed by atoms with Crippen LogP contribution >= 0.6 is 0 Å². The van der Waals surface area contributed by atoms with Gasteiger partial charge >= 0.3 is 0 Å². The van der Waals surface area contributed by atoms with Gasteiger partial charge in [0.05, 0.1) is 6.07 Å². The Labute approximate surface area is 122 Å². The van der Waals surface area contributed by atoms with E-state index in [1.165, 1.54) is 12.0 Å². The molecule has 1 rings (SSSR count). The molecule has 0 amide bonds. The van der Waals surface area contributed by atoms with E-state index in [2.05, 4.69) is 41.2 Å². The van der Waals surface area contributed by atoms with Crippen molar-refractivity contribution in [2.24, 2.45) is 5.92 Å². The maximum Gasteiger partial charge on any atom is 0.0635 e. The van der Waals surface area contributed by atoms with Crippen molar-refractivity contribution in [1.29, 1.82) is 5.26 Å². The van der Waals surface area contributed by atoms with Gasteiger partial charge in [0.2, 0.25) is 0 Å². The number of nitrogens with zero attached hydrogens (tertiary/aromatic N) is 3. The number of hydrogen-bond acceptors (Lipinski definition) is 4. The average molecular weight is 274 g/mol.